The molecule has 0 bridgehead atoms. The Balaban J connectivity index is 1.57. The predicted octanol–water partition coefficient (Wildman–Crippen LogP) is 6.10. The van der Waals surface area contributed by atoms with E-state index in [9.17, 15) is 4.79 Å². The van der Waals surface area contributed by atoms with Crippen LogP contribution in [0.3, 0.4) is 0 Å². The third kappa shape index (κ3) is 9.28. The second-order valence-electron chi connectivity index (χ2n) is 6.91. The molecule has 0 spiro atoms. The Morgan fingerprint density at radius 1 is 0.815 bits per heavy atom. The second kappa shape index (κ2) is 13.0. The normalized spacial score (nSPS) is 10.6. The van der Waals surface area contributed by atoms with Crippen molar-refractivity contribution < 1.29 is 14.3 Å². The number of benzene rings is 2. The summed E-state index contributed by atoms with van der Waals surface area (Å²) in [4.78, 5) is 11.8. The highest BCUT2D eigenvalue weighted by atomic mass is 16.5. The van der Waals surface area contributed by atoms with Gasteiger partial charge < -0.3 is 9.47 Å². The molecule has 0 amide bonds. The van der Waals surface area contributed by atoms with Gasteiger partial charge >= 0.3 is 5.97 Å². The molecule has 146 valence electrons. The van der Waals surface area contributed by atoms with E-state index in [4.69, 9.17) is 9.47 Å². The van der Waals surface area contributed by atoms with Gasteiger partial charge in [0.05, 0.1) is 6.61 Å². The quantitative estimate of drug-likeness (QED) is 0.316. The first-order valence-electron chi connectivity index (χ1n) is 10.2. The first-order valence-corrected chi connectivity index (χ1v) is 10.2. The zero-order chi connectivity index (χ0) is 19.2. The van der Waals surface area contributed by atoms with Crippen molar-refractivity contribution in [2.45, 2.75) is 64.9 Å². The van der Waals surface area contributed by atoms with Gasteiger partial charge in [-0.05, 0) is 29.7 Å². The molecule has 0 aliphatic heterocycles. The lowest BCUT2D eigenvalue weighted by molar-refractivity contribution is -0.143. The standard InChI is InChI=1S/C24H32O3/c1-2-3-4-5-6-10-13-24(25)26-19-18-21-14-16-23(17-15-21)27-20-22-11-8-7-9-12-22/h7-9,11-12,14-17H,2-6,10,13,18-20H2,1H3. The number of hydrogen-bond acceptors (Lipinski definition) is 3. The lowest BCUT2D eigenvalue weighted by atomic mass is 10.1. The van der Waals surface area contributed by atoms with Crippen molar-refractivity contribution in [1.82, 2.24) is 0 Å². The molecular formula is C24H32O3. The fourth-order valence-electron chi connectivity index (χ4n) is 2.90. The molecule has 0 saturated carbocycles. The highest BCUT2D eigenvalue weighted by Gasteiger charge is 2.03. The Kier molecular flexibility index (Phi) is 10.1. The summed E-state index contributed by atoms with van der Waals surface area (Å²) in [6.45, 7) is 3.22. The van der Waals surface area contributed by atoms with Gasteiger partial charge in [0.15, 0.2) is 0 Å². The maximum atomic E-state index is 11.8. The minimum atomic E-state index is -0.0756. The molecule has 27 heavy (non-hydrogen) atoms. The Bertz CT molecular complexity index is 634. The molecule has 3 heteroatoms. The maximum Gasteiger partial charge on any atom is 0.305 e. The molecule has 0 radical (unpaired) electrons. The first kappa shape index (κ1) is 21.0. The van der Waals surface area contributed by atoms with Gasteiger partial charge in [0, 0.05) is 12.8 Å². The van der Waals surface area contributed by atoms with Crippen molar-refractivity contribution in [3.05, 3.63) is 65.7 Å². The number of carbonyl (C=O) groups excluding carboxylic acids is 1. The maximum absolute atomic E-state index is 11.8. The van der Waals surface area contributed by atoms with Crippen LogP contribution < -0.4 is 4.74 Å². The van der Waals surface area contributed by atoms with Crippen LogP contribution in [0.5, 0.6) is 5.75 Å². The van der Waals surface area contributed by atoms with Crippen LogP contribution >= 0.6 is 0 Å². The molecule has 0 aliphatic rings. The zero-order valence-electron chi connectivity index (χ0n) is 16.5. The van der Waals surface area contributed by atoms with E-state index in [1.807, 2.05) is 54.6 Å². The number of unbranched alkanes of at least 4 members (excludes halogenated alkanes) is 5. The van der Waals surface area contributed by atoms with Crippen molar-refractivity contribution in [2.24, 2.45) is 0 Å². The number of rotatable bonds is 13. The van der Waals surface area contributed by atoms with Gasteiger partial charge in [-0.2, -0.15) is 0 Å². The van der Waals surface area contributed by atoms with Crippen molar-refractivity contribution >= 4 is 5.97 Å². The van der Waals surface area contributed by atoms with E-state index in [0.29, 0.717) is 19.6 Å². The van der Waals surface area contributed by atoms with Crippen LogP contribution in [0.1, 0.15) is 63.0 Å². The zero-order valence-corrected chi connectivity index (χ0v) is 16.5. The lowest BCUT2D eigenvalue weighted by Gasteiger charge is -2.08. The average Bonchev–Trinajstić information content (AvgIpc) is 2.71. The number of esters is 1. The smallest absolute Gasteiger partial charge is 0.305 e. The first-order chi connectivity index (χ1) is 13.3. The van der Waals surface area contributed by atoms with Crippen LogP contribution in [-0.2, 0) is 22.6 Å². The van der Waals surface area contributed by atoms with Gasteiger partial charge in [0.1, 0.15) is 12.4 Å². The van der Waals surface area contributed by atoms with E-state index in [0.717, 1.165) is 36.1 Å². The monoisotopic (exact) mass is 368 g/mol. The molecule has 2 rings (SSSR count). The van der Waals surface area contributed by atoms with Gasteiger partial charge in [0.2, 0.25) is 0 Å². The van der Waals surface area contributed by atoms with Crippen LogP contribution in [-0.4, -0.2) is 12.6 Å². The number of hydrogen-bond donors (Lipinski definition) is 0. The Hall–Kier alpha value is -2.29. The van der Waals surface area contributed by atoms with Gasteiger partial charge in [-0.25, -0.2) is 0 Å². The predicted molar refractivity (Wildman–Crippen MR) is 110 cm³/mol. The molecule has 0 aliphatic carbocycles. The third-order valence-corrected chi connectivity index (χ3v) is 4.56. The molecular weight excluding hydrogens is 336 g/mol. The summed E-state index contributed by atoms with van der Waals surface area (Å²) in [7, 11) is 0. The van der Waals surface area contributed by atoms with Crippen LogP contribution in [0, 0.1) is 0 Å². The van der Waals surface area contributed by atoms with Gasteiger partial charge in [-0.3, -0.25) is 4.79 Å². The van der Waals surface area contributed by atoms with Crippen LogP contribution in [0.15, 0.2) is 54.6 Å². The fraction of sp³-hybridized carbons (Fsp3) is 0.458. The molecule has 0 unspecified atom stereocenters. The van der Waals surface area contributed by atoms with E-state index in [2.05, 4.69) is 6.92 Å². The number of carbonyl (C=O) groups is 1. The van der Waals surface area contributed by atoms with Crippen molar-refractivity contribution in [3.8, 4) is 5.75 Å². The molecule has 2 aromatic carbocycles. The van der Waals surface area contributed by atoms with Gasteiger partial charge in [0.25, 0.3) is 0 Å². The second-order valence-corrected chi connectivity index (χ2v) is 6.91. The minimum Gasteiger partial charge on any atom is -0.489 e. The molecule has 0 fully saturated rings. The minimum absolute atomic E-state index is 0.0756. The molecule has 0 atom stereocenters. The molecule has 0 N–H and O–H groups in total. The fourth-order valence-corrected chi connectivity index (χ4v) is 2.90. The van der Waals surface area contributed by atoms with Crippen LogP contribution in [0.4, 0.5) is 0 Å². The summed E-state index contributed by atoms with van der Waals surface area (Å²) < 4.78 is 11.1. The molecule has 0 aromatic heterocycles. The summed E-state index contributed by atoms with van der Waals surface area (Å²) >= 11 is 0. The van der Waals surface area contributed by atoms with Crippen molar-refractivity contribution in [1.29, 1.82) is 0 Å². The SMILES string of the molecule is CCCCCCCCC(=O)OCCc1ccc(OCc2ccccc2)cc1. The molecule has 0 saturated heterocycles. The van der Waals surface area contributed by atoms with Crippen molar-refractivity contribution in [2.75, 3.05) is 6.61 Å². The third-order valence-electron chi connectivity index (χ3n) is 4.56. The topological polar surface area (TPSA) is 35.5 Å². The molecule has 3 nitrogen and oxygen atoms in total. The summed E-state index contributed by atoms with van der Waals surface area (Å²) in [5, 5.41) is 0. The van der Waals surface area contributed by atoms with Crippen LogP contribution in [0.2, 0.25) is 0 Å². The Morgan fingerprint density at radius 3 is 2.26 bits per heavy atom. The van der Waals surface area contributed by atoms with Crippen LogP contribution in [0.25, 0.3) is 0 Å². The summed E-state index contributed by atoms with van der Waals surface area (Å²) in [6, 6.07) is 18.1. The molecule has 2 aromatic rings. The summed E-state index contributed by atoms with van der Waals surface area (Å²) in [5.41, 5.74) is 2.30. The van der Waals surface area contributed by atoms with Crippen molar-refractivity contribution in [3.63, 3.8) is 0 Å². The van der Waals surface area contributed by atoms with Gasteiger partial charge in [-0.1, -0.05) is 81.5 Å². The average molecular weight is 369 g/mol. The van der Waals surface area contributed by atoms with E-state index < -0.39 is 0 Å². The van der Waals surface area contributed by atoms with E-state index >= 15 is 0 Å². The van der Waals surface area contributed by atoms with E-state index in [1.165, 1.54) is 25.7 Å². The summed E-state index contributed by atoms with van der Waals surface area (Å²) in [6.07, 6.45) is 8.38. The Morgan fingerprint density at radius 2 is 1.52 bits per heavy atom. The van der Waals surface area contributed by atoms with Gasteiger partial charge in [-0.15, -0.1) is 0 Å². The highest BCUT2D eigenvalue weighted by molar-refractivity contribution is 5.69. The number of ether oxygens (including phenoxy) is 2. The Labute approximate surface area is 163 Å². The summed E-state index contributed by atoms with van der Waals surface area (Å²) in [5.74, 6) is 0.774. The largest absolute Gasteiger partial charge is 0.489 e. The van der Waals surface area contributed by atoms with E-state index in [-0.39, 0.29) is 5.97 Å². The van der Waals surface area contributed by atoms with E-state index in [1.54, 1.807) is 0 Å². The highest BCUT2D eigenvalue weighted by Crippen LogP contribution is 2.15. The molecule has 0 heterocycles. The lowest BCUT2D eigenvalue weighted by Crippen LogP contribution is -2.07.